The highest BCUT2D eigenvalue weighted by Gasteiger charge is 2.14. The predicted molar refractivity (Wildman–Crippen MR) is 77.7 cm³/mol. The van der Waals surface area contributed by atoms with Gasteiger partial charge in [-0.05, 0) is 6.07 Å². The number of amides is 1. The molecule has 0 atom stereocenters. The summed E-state index contributed by atoms with van der Waals surface area (Å²) in [6.07, 6.45) is 0. The quantitative estimate of drug-likeness (QED) is 0.744. The monoisotopic (exact) mass is 273 g/mol. The molecule has 1 aliphatic heterocycles. The van der Waals surface area contributed by atoms with Gasteiger partial charge in [-0.25, -0.2) is 0 Å². The van der Waals surface area contributed by atoms with Crippen LogP contribution in [0, 0.1) is 0 Å². The van der Waals surface area contributed by atoms with Crippen LogP contribution in [-0.2, 0) is 0 Å². The number of carbonyl (C=O) groups is 1. The van der Waals surface area contributed by atoms with Crippen molar-refractivity contribution in [2.75, 3.05) is 39.3 Å². The molecule has 0 saturated carbocycles. The van der Waals surface area contributed by atoms with Crippen molar-refractivity contribution >= 4 is 16.8 Å². The maximum atomic E-state index is 12.1. The van der Waals surface area contributed by atoms with Gasteiger partial charge in [-0.15, -0.1) is 0 Å². The number of piperazine rings is 1. The molecule has 1 aromatic carbocycles. The van der Waals surface area contributed by atoms with E-state index in [1.165, 1.54) is 0 Å². The van der Waals surface area contributed by atoms with Crippen LogP contribution in [0.25, 0.3) is 10.9 Å². The maximum Gasteiger partial charge on any atom is 0.272 e. The molecular weight excluding hydrogens is 254 g/mol. The third-order valence-corrected chi connectivity index (χ3v) is 3.61. The Morgan fingerprint density at radius 3 is 2.95 bits per heavy atom. The summed E-state index contributed by atoms with van der Waals surface area (Å²) in [6, 6.07) is 7.66. The first-order valence-corrected chi connectivity index (χ1v) is 6.99. The molecule has 1 aromatic heterocycles. The van der Waals surface area contributed by atoms with Crippen LogP contribution in [0.5, 0.6) is 0 Å². The zero-order chi connectivity index (χ0) is 13.8. The smallest absolute Gasteiger partial charge is 0.272 e. The zero-order valence-electron chi connectivity index (χ0n) is 11.4. The minimum atomic E-state index is -0.113. The van der Waals surface area contributed by atoms with Crippen molar-refractivity contribution in [3.63, 3.8) is 0 Å². The summed E-state index contributed by atoms with van der Waals surface area (Å²) in [7, 11) is 0. The largest absolute Gasteiger partial charge is 0.349 e. The first-order chi connectivity index (χ1) is 9.84. The number of aromatic nitrogens is 2. The van der Waals surface area contributed by atoms with Gasteiger partial charge in [0.15, 0.2) is 5.69 Å². The van der Waals surface area contributed by atoms with Gasteiger partial charge in [0.25, 0.3) is 5.91 Å². The van der Waals surface area contributed by atoms with E-state index < -0.39 is 0 Å². The van der Waals surface area contributed by atoms with Gasteiger partial charge < -0.3 is 10.6 Å². The highest BCUT2D eigenvalue weighted by Crippen LogP contribution is 2.14. The lowest BCUT2D eigenvalue weighted by molar-refractivity contribution is 0.0944. The van der Waals surface area contributed by atoms with E-state index in [-0.39, 0.29) is 5.91 Å². The van der Waals surface area contributed by atoms with Crippen molar-refractivity contribution in [3.05, 3.63) is 30.0 Å². The number of benzene rings is 1. The molecule has 2 heterocycles. The molecule has 0 radical (unpaired) electrons. The lowest BCUT2D eigenvalue weighted by Crippen LogP contribution is -2.46. The number of nitrogens with zero attached hydrogens (tertiary/aromatic N) is 2. The number of para-hydroxylation sites is 1. The topological polar surface area (TPSA) is 73.1 Å². The summed E-state index contributed by atoms with van der Waals surface area (Å²) in [5.41, 5.74) is 1.36. The molecule has 3 rings (SSSR count). The second-order valence-electron chi connectivity index (χ2n) is 4.97. The third kappa shape index (κ3) is 2.81. The van der Waals surface area contributed by atoms with Crippen LogP contribution in [0.2, 0.25) is 0 Å². The molecule has 20 heavy (non-hydrogen) atoms. The van der Waals surface area contributed by atoms with E-state index in [0.29, 0.717) is 12.2 Å². The van der Waals surface area contributed by atoms with E-state index in [0.717, 1.165) is 43.6 Å². The molecule has 1 aliphatic rings. The van der Waals surface area contributed by atoms with Crippen LogP contribution in [0.15, 0.2) is 24.3 Å². The highest BCUT2D eigenvalue weighted by atomic mass is 16.1. The second-order valence-corrected chi connectivity index (χ2v) is 4.97. The lowest BCUT2D eigenvalue weighted by atomic mass is 10.2. The van der Waals surface area contributed by atoms with Crippen LogP contribution >= 0.6 is 0 Å². The Hall–Kier alpha value is -1.92. The number of hydrogen-bond donors (Lipinski definition) is 3. The van der Waals surface area contributed by atoms with E-state index in [4.69, 9.17) is 0 Å². The van der Waals surface area contributed by atoms with Crippen molar-refractivity contribution in [3.8, 4) is 0 Å². The Morgan fingerprint density at radius 2 is 2.10 bits per heavy atom. The number of nitrogens with one attached hydrogen (secondary N) is 3. The van der Waals surface area contributed by atoms with E-state index >= 15 is 0 Å². The molecule has 2 aromatic rings. The van der Waals surface area contributed by atoms with E-state index in [2.05, 4.69) is 25.7 Å². The molecule has 1 amide bonds. The van der Waals surface area contributed by atoms with E-state index in [1.807, 2.05) is 24.3 Å². The fraction of sp³-hybridized carbons (Fsp3) is 0.429. The van der Waals surface area contributed by atoms with Crippen molar-refractivity contribution < 1.29 is 4.79 Å². The Balaban J connectivity index is 1.56. The molecule has 6 heteroatoms. The summed E-state index contributed by atoms with van der Waals surface area (Å²) in [5.74, 6) is -0.113. The molecule has 0 bridgehead atoms. The van der Waals surface area contributed by atoms with Crippen LogP contribution in [0.3, 0.4) is 0 Å². The second kappa shape index (κ2) is 6.02. The SMILES string of the molecule is O=C(NCCN1CCNCC1)c1n[nH]c2ccccc12. The van der Waals surface area contributed by atoms with Crippen molar-refractivity contribution in [1.29, 1.82) is 0 Å². The number of fused-ring (bicyclic) bond motifs is 1. The predicted octanol–water partition coefficient (Wildman–Crippen LogP) is 0.198. The van der Waals surface area contributed by atoms with Gasteiger partial charge >= 0.3 is 0 Å². The lowest BCUT2D eigenvalue weighted by Gasteiger charge is -2.26. The molecular formula is C14H19N5O. The van der Waals surface area contributed by atoms with Gasteiger partial charge in [-0.2, -0.15) is 5.10 Å². The first kappa shape index (κ1) is 13.1. The van der Waals surface area contributed by atoms with E-state index in [1.54, 1.807) is 0 Å². The summed E-state index contributed by atoms with van der Waals surface area (Å²) in [5, 5.41) is 14.1. The number of hydrogen-bond acceptors (Lipinski definition) is 4. The van der Waals surface area contributed by atoms with Crippen LogP contribution in [-0.4, -0.2) is 60.3 Å². The number of rotatable bonds is 4. The van der Waals surface area contributed by atoms with Gasteiger partial charge in [0.05, 0.1) is 5.52 Å². The molecule has 0 spiro atoms. The van der Waals surface area contributed by atoms with Crippen LogP contribution in [0.4, 0.5) is 0 Å². The van der Waals surface area contributed by atoms with Crippen molar-refractivity contribution in [1.82, 2.24) is 25.7 Å². The average molecular weight is 273 g/mol. The van der Waals surface area contributed by atoms with Crippen LogP contribution in [0.1, 0.15) is 10.5 Å². The zero-order valence-corrected chi connectivity index (χ0v) is 11.4. The standard InChI is InChI=1S/C14H19N5O/c20-14(16-7-10-19-8-5-15-6-9-19)13-11-3-1-2-4-12(11)17-18-13/h1-4,15H,5-10H2,(H,16,20)(H,17,18). The molecule has 1 fully saturated rings. The summed E-state index contributed by atoms with van der Waals surface area (Å²) in [4.78, 5) is 14.5. The fourth-order valence-electron chi connectivity index (χ4n) is 2.48. The molecule has 6 nitrogen and oxygen atoms in total. The van der Waals surface area contributed by atoms with Crippen LogP contribution < -0.4 is 10.6 Å². The first-order valence-electron chi connectivity index (χ1n) is 6.99. The third-order valence-electron chi connectivity index (χ3n) is 3.61. The van der Waals surface area contributed by atoms with E-state index in [9.17, 15) is 4.79 Å². The summed E-state index contributed by atoms with van der Waals surface area (Å²) >= 11 is 0. The molecule has 0 unspecified atom stereocenters. The number of H-pyrrole nitrogens is 1. The Labute approximate surface area is 117 Å². The Bertz CT molecular complexity index is 588. The maximum absolute atomic E-state index is 12.1. The summed E-state index contributed by atoms with van der Waals surface area (Å²) < 4.78 is 0. The fourth-order valence-corrected chi connectivity index (χ4v) is 2.48. The number of aromatic amines is 1. The Morgan fingerprint density at radius 1 is 1.30 bits per heavy atom. The normalized spacial score (nSPS) is 16.4. The van der Waals surface area contributed by atoms with Gasteiger partial charge in [0.1, 0.15) is 0 Å². The minimum absolute atomic E-state index is 0.113. The van der Waals surface area contributed by atoms with Gasteiger partial charge in [0, 0.05) is 44.7 Å². The van der Waals surface area contributed by atoms with Crippen molar-refractivity contribution in [2.45, 2.75) is 0 Å². The molecule has 0 aliphatic carbocycles. The van der Waals surface area contributed by atoms with Gasteiger partial charge in [-0.1, -0.05) is 18.2 Å². The average Bonchev–Trinajstić information content (AvgIpc) is 2.92. The minimum Gasteiger partial charge on any atom is -0.349 e. The van der Waals surface area contributed by atoms with Crippen molar-refractivity contribution in [2.24, 2.45) is 0 Å². The molecule has 1 saturated heterocycles. The highest BCUT2D eigenvalue weighted by molar-refractivity contribution is 6.04. The Kier molecular flexibility index (Phi) is 3.94. The number of carbonyl (C=O) groups excluding carboxylic acids is 1. The molecule has 3 N–H and O–H groups in total. The van der Waals surface area contributed by atoms with Gasteiger partial charge in [-0.3, -0.25) is 14.8 Å². The van der Waals surface area contributed by atoms with Gasteiger partial charge in [0.2, 0.25) is 0 Å². The summed E-state index contributed by atoms with van der Waals surface area (Å²) in [6.45, 7) is 5.67. The molecule has 106 valence electrons.